The lowest BCUT2D eigenvalue weighted by atomic mass is 9.98. The van der Waals surface area contributed by atoms with Gasteiger partial charge in [-0.2, -0.15) is 0 Å². The van der Waals surface area contributed by atoms with Crippen molar-refractivity contribution in [1.82, 2.24) is 0 Å². The number of amides is 1. The minimum absolute atomic E-state index is 0.202. The van der Waals surface area contributed by atoms with Gasteiger partial charge in [0.15, 0.2) is 0 Å². The van der Waals surface area contributed by atoms with E-state index in [2.05, 4.69) is 5.32 Å². The molecule has 146 valence electrons. The van der Waals surface area contributed by atoms with Crippen molar-refractivity contribution in [2.75, 3.05) is 19.0 Å². The minimum Gasteiger partial charge on any atom is -0.497 e. The van der Waals surface area contributed by atoms with E-state index in [1.807, 2.05) is 33.8 Å². The van der Waals surface area contributed by atoms with Crippen molar-refractivity contribution >= 4 is 28.1 Å². The summed E-state index contributed by atoms with van der Waals surface area (Å²) in [5, 5.41) is 3.90. The zero-order valence-corrected chi connectivity index (χ0v) is 16.9. The first-order valence-electron chi connectivity index (χ1n) is 9.22. The molecule has 0 bridgehead atoms. The highest BCUT2D eigenvalue weighted by Crippen LogP contribution is 2.37. The summed E-state index contributed by atoms with van der Waals surface area (Å²) in [6, 6.07) is 9.24. The second-order valence-electron chi connectivity index (χ2n) is 6.65. The highest BCUT2D eigenvalue weighted by Gasteiger charge is 2.17. The van der Waals surface area contributed by atoms with Crippen LogP contribution in [0.25, 0.3) is 16.5 Å². The monoisotopic (exact) mass is 379 g/mol. The zero-order chi connectivity index (χ0) is 20.3. The number of rotatable bonds is 6. The molecule has 1 amide bonds. The van der Waals surface area contributed by atoms with Crippen molar-refractivity contribution in [2.24, 2.45) is 0 Å². The maximum atomic E-state index is 12.5. The average Bonchev–Trinajstić information content (AvgIpc) is 3.05. The molecule has 0 saturated heterocycles. The molecule has 0 saturated carbocycles. The van der Waals surface area contributed by atoms with Crippen LogP contribution in [0, 0.1) is 13.8 Å². The Morgan fingerprint density at radius 3 is 2.57 bits per heavy atom. The number of anilines is 1. The number of allylic oxidation sites excluding steroid dienone is 1. The van der Waals surface area contributed by atoms with Crippen molar-refractivity contribution in [3.05, 3.63) is 59.4 Å². The quantitative estimate of drug-likeness (QED) is 0.575. The molecule has 1 heterocycles. The van der Waals surface area contributed by atoms with Crippen molar-refractivity contribution in [1.29, 1.82) is 0 Å². The molecule has 5 heteroatoms. The molecule has 0 radical (unpaired) electrons. The van der Waals surface area contributed by atoms with E-state index in [0.717, 1.165) is 44.7 Å². The molecule has 1 aromatic heterocycles. The Balaban J connectivity index is 1.94. The summed E-state index contributed by atoms with van der Waals surface area (Å²) in [5.41, 5.74) is 5.22. The molecule has 28 heavy (non-hydrogen) atoms. The van der Waals surface area contributed by atoms with E-state index in [1.54, 1.807) is 43.7 Å². The van der Waals surface area contributed by atoms with E-state index in [1.165, 1.54) is 0 Å². The van der Waals surface area contributed by atoms with Gasteiger partial charge in [0, 0.05) is 28.3 Å². The first-order valence-corrected chi connectivity index (χ1v) is 9.22. The van der Waals surface area contributed by atoms with Crippen LogP contribution in [-0.2, 0) is 4.79 Å². The smallest absolute Gasteiger partial charge is 0.248 e. The summed E-state index contributed by atoms with van der Waals surface area (Å²) in [6.07, 6.45) is 3.33. The molecule has 1 N–H and O–H groups in total. The lowest BCUT2D eigenvalue weighted by Gasteiger charge is -2.14. The predicted octanol–water partition coefficient (Wildman–Crippen LogP) is 5.50. The van der Waals surface area contributed by atoms with E-state index < -0.39 is 0 Å². The van der Waals surface area contributed by atoms with Gasteiger partial charge < -0.3 is 19.2 Å². The Morgan fingerprint density at radius 2 is 1.93 bits per heavy atom. The Hall–Kier alpha value is -3.21. The number of methoxy groups -OCH3 is 1. The number of aryl methyl sites for hydroxylation is 2. The molecular weight excluding hydrogens is 354 g/mol. The molecule has 0 aliphatic heterocycles. The van der Waals surface area contributed by atoms with Crippen LogP contribution in [0.15, 0.2) is 47.1 Å². The fourth-order valence-corrected chi connectivity index (χ4v) is 3.19. The normalized spacial score (nSPS) is 11.5. The minimum atomic E-state index is -0.202. The van der Waals surface area contributed by atoms with Gasteiger partial charge in [-0.15, -0.1) is 0 Å². The van der Waals surface area contributed by atoms with Gasteiger partial charge in [-0.05, 0) is 69.2 Å². The maximum Gasteiger partial charge on any atom is 0.248 e. The Morgan fingerprint density at radius 1 is 1.21 bits per heavy atom. The summed E-state index contributed by atoms with van der Waals surface area (Å²) in [7, 11) is 1.61. The van der Waals surface area contributed by atoms with E-state index >= 15 is 0 Å². The van der Waals surface area contributed by atoms with Gasteiger partial charge in [0.05, 0.1) is 20.0 Å². The molecule has 3 aromatic rings. The van der Waals surface area contributed by atoms with Crippen LogP contribution < -0.4 is 14.8 Å². The van der Waals surface area contributed by atoms with Crippen LogP contribution >= 0.6 is 0 Å². The first-order chi connectivity index (χ1) is 13.4. The third-order valence-corrected chi connectivity index (χ3v) is 4.66. The van der Waals surface area contributed by atoms with Crippen molar-refractivity contribution < 1.29 is 18.7 Å². The van der Waals surface area contributed by atoms with E-state index in [0.29, 0.717) is 12.3 Å². The maximum absolute atomic E-state index is 12.5. The fraction of sp³-hybridized carbons (Fsp3) is 0.261. The highest BCUT2D eigenvalue weighted by molar-refractivity contribution is 6.05. The number of carbonyl (C=O) groups excluding carboxylic acids is 1. The predicted molar refractivity (Wildman–Crippen MR) is 112 cm³/mol. The topological polar surface area (TPSA) is 60.7 Å². The van der Waals surface area contributed by atoms with Crippen LogP contribution in [0.5, 0.6) is 11.5 Å². The molecule has 0 unspecified atom stereocenters. The van der Waals surface area contributed by atoms with Gasteiger partial charge in [0.2, 0.25) is 5.91 Å². The second kappa shape index (κ2) is 8.21. The third-order valence-electron chi connectivity index (χ3n) is 4.66. The van der Waals surface area contributed by atoms with Crippen molar-refractivity contribution in [3.8, 4) is 11.5 Å². The molecule has 0 fully saturated rings. The number of ether oxygens (including phenoxy) is 2. The van der Waals surface area contributed by atoms with Crippen LogP contribution in [0.2, 0.25) is 0 Å². The van der Waals surface area contributed by atoms with Crippen molar-refractivity contribution in [2.45, 2.75) is 27.7 Å². The number of carbonyl (C=O) groups is 1. The van der Waals surface area contributed by atoms with Gasteiger partial charge >= 0.3 is 0 Å². The van der Waals surface area contributed by atoms with Crippen LogP contribution in [0.3, 0.4) is 0 Å². The van der Waals surface area contributed by atoms with E-state index in [4.69, 9.17) is 13.9 Å². The molecule has 2 aromatic carbocycles. The SMILES string of the molecule is CCOc1c(/C(C)=C/C(=O)Nc2ccc(OC)cc2)cc2c(C)coc2c1C. The molecular formula is C23H25NO4. The Kier molecular flexibility index (Phi) is 5.73. The summed E-state index contributed by atoms with van der Waals surface area (Å²) >= 11 is 0. The van der Waals surface area contributed by atoms with Gasteiger partial charge in [0.1, 0.15) is 17.1 Å². The highest BCUT2D eigenvalue weighted by atomic mass is 16.5. The summed E-state index contributed by atoms with van der Waals surface area (Å²) < 4.78 is 16.7. The number of hydrogen-bond acceptors (Lipinski definition) is 4. The van der Waals surface area contributed by atoms with Crippen LogP contribution in [0.1, 0.15) is 30.5 Å². The molecule has 0 aliphatic carbocycles. The Bertz CT molecular complexity index is 1030. The molecule has 0 aliphatic rings. The molecule has 0 atom stereocenters. The molecule has 5 nitrogen and oxygen atoms in total. The lowest BCUT2D eigenvalue weighted by Crippen LogP contribution is -2.09. The average molecular weight is 379 g/mol. The Labute approximate surface area is 164 Å². The van der Waals surface area contributed by atoms with Crippen LogP contribution in [0.4, 0.5) is 5.69 Å². The molecule has 0 spiro atoms. The van der Waals surface area contributed by atoms with Gasteiger partial charge in [-0.3, -0.25) is 4.79 Å². The standard InChI is InChI=1S/C23H25NO4/c1-6-27-22-16(4)23-20(15(3)13-28-23)12-19(22)14(2)11-21(25)24-17-7-9-18(26-5)10-8-17/h7-13H,6H2,1-5H3,(H,24,25)/b14-11+. The summed E-state index contributed by atoms with van der Waals surface area (Å²) in [4.78, 5) is 12.5. The molecule has 3 rings (SSSR count). The van der Waals surface area contributed by atoms with Gasteiger partial charge in [-0.25, -0.2) is 0 Å². The van der Waals surface area contributed by atoms with Gasteiger partial charge in [-0.1, -0.05) is 0 Å². The van der Waals surface area contributed by atoms with Gasteiger partial charge in [0.25, 0.3) is 0 Å². The van der Waals surface area contributed by atoms with E-state index in [-0.39, 0.29) is 5.91 Å². The number of hydrogen-bond donors (Lipinski definition) is 1. The van der Waals surface area contributed by atoms with E-state index in [9.17, 15) is 4.79 Å². The largest absolute Gasteiger partial charge is 0.497 e. The summed E-state index contributed by atoms with van der Waals surface area (Å²) in [6.45, 7) is 8.36. The lowest BCUT2D eigenvalue weighted by molar-refractivity contribution is -0.111. The first kappa shape index (κ1) is 19.5. The second-order valence-corrected chi connectivity index (χ2v) is 6.65. The number of nitrogens with one attached hydrogen (secondary N) is 1. The summed E-state index contributed by atoms with van der Waals surface area (Å²) in [5.74, 6) is 1.28. The fourth-order valence-electron chi connectivity index (χ4n) is 3.19. The van der Waals surface area contributed by atoms with Crippen LogP contribution in [-0.4, -0.2) is 19.6 Å². The number of fused-ring (bicyclic) bond motifs is 1. The van der Waals surface area contributed by atoms with Crippen molar-refractivity contribution in [3.63, 3.8) is 0 Å². The number of benzene rings is 2. The zero-order valence-electron chi connectivity index (χ0n) is 16.9. The number of furan rings is 1. The third kappa shape index (κ3) is 3.88.